The van der Waals surface area contributed by atoms with Gasteiger partial charge >= 0.3 is 0 Å². The second kappa shape index (κ2) is 7.49. The van der Waals surface area contributed by atoms with Crippen LogP contribution in [0.4, 0.5) is 0 Å². The third kappa shape index (κ3) is 3.76. The lowest BCUT2D eigenvalue weighted by atomic mass is 10.1. The Hall–Kier alpha value is -2.34. The summed E-state index contributed by atoms with van der Waals surface area (Å²) in [5.41, 5.74) is 1.90. The molecule has 1 amide bonds. The van der Waals surface area contributed by atoms with E-state index in [1.54, 1.807) is 6.92 Å². The Labute approximate surface area is 142 Å². The summed E-state index contributed by atoms with van der Waals surface area (Å²) in [5.74, 6) is -0.557. The van der Waals surface area contributed by atoms with Crippen molar-refractivity contribution < 1.29 is 15.0 Å². The minimum Gasteiger partial charge on any atom is -0.504 e. The Morgan fingerprint density at radius 1 is 1.29 bits per heavy atom. The molecule has 1 aromatic heterocycles. The fourth-order valence-electron chi connectivity index (χ4n) is 2.62. The van der Waals surface area contributed by atoms with E-state index < -0.39 is 12.0 Å². The lowest BCUT2D eigenvalue weighted by Gasteiger charge is -2.27. The second-order valence-corrected chi connectivity index (χ2v) is 6.19. The van der Waals surface area contributed by atoms with Gasteiger partial charge in [0.05, 0.1) is 18.0 Å². The van der Waals surface area contributed by atoms with Gasteiger partial charge in [-0.1, -0.05) is 25.1 Å². The minimum atomic E-state index is -0.651. The van der Waals surface area contributed by atoms with Crippen molar-refractivity contribution >= 4 is 5.91 Å². The average molecular weight is 331 g/mol. The van der Waals surface area contributed by atoms with Crippen LogP contribution in [0.25, 0.3) is 5.69 Å². The molecule has 2 aromatic rings. The van der Waals surface area contributed by atoms with Gasteiger partial charge in [0.25, 0.3) is 5.91 Å². The molecule has 130 valence electrons. The van der Waals surface area contributed by atoms with E-state index in [2.05, 4.69) is 5.10 Å². The smallest absolute Gasteiger partial charge is 0.278 e. The molecule has 0 aliphatic carbocycles. The number of aliphatic hydroxyl groups excluding tert-OH is 1. The predicted octanol–water partition coefficient (Wildman–Crippen LogP) is 2.37. The lowest BCUT2D eigenvalue weighted by Crippen LogP contribution is -2.41. The van der Waals surface area contributed by atoms with Crippen LogP contribution in [-0.2, 0) is 6.42 Å². The number of carbonyl (C=O) groups excluding carboxylic acids is 1. The molecule has 0 fully saturated rings. The summed E-state index contributed by atoms with van der Waals surface area (Å²) in [4.78, 5) is 14.2. The molecular weight excluding hydrogens is 306 g/mol. The maximum atomic E-state index is 12.7. The molecule has 24 heavy (non-hydrogen) atoms. The first-order valence-corrected chi connectivity index (χ1v) is 8.21. The van der Waals surface area contributed by atoms with Crippen LogP contribution >= 0.6 is 0 Å². The number of benzene rings is 1. The van der Waals surface area contributed by atoms with Crippen LogP contribution in [0.2, 0.25) is 0 Å². The molecule has 2 rings (SSSR count). The molecule has 1 heterocycles. The van der Waals surface area contributed by atoms with Crippen LogP contribution in [0.3, 0.4) is 0 Å². The van der Waals surface area contributed by atoms with Gasteiger partial charge in [0.2, 0.25) is 0 Å². The molecular formula is C18H25N3O3. The first-order chi connectivity index (χ1) is 11.3. The summed E-state index contributed by atoms with van der Waals surface area (Å²) in [7, 11) is 0. The molecule has 0 radical (unpaired) electrons. The number of hydrogen-bond donors (Lipinski definition) is 2. The Balaban J connectivity index is 2.39. The molecule has 0 spiro atoms. The third-order valence-electron chi connectivity index (χ3n) is 3.86. The van der Waals surface area contributed by atoms with E-state index in [1.807, 2.05) is 45.0 Å². The highest BCUT2D eigenvalue weighted by Crippen LogP contribution is 2.23. The summed E-state index contributed by atoms with van der Waals surface area (Å²) in [5, 5.41) is 24.1. The van der Waals surface area contributed by atoms with Crippen LogP contribution in [0.1, 0.15) is 43.7 Å². The quantitative estimate of drug-likeness (QED) is 0.852. The van der Waals surface area contributed by atoms with Crippen molar-refractivity contribution in [1.29, 1.82) is 0 Å². The highest BCUT2D eigenvalue weighted by molar-refractivity contribution is 5.95. The molecule has 0 saturated carbocycles. The van der Waals surface area contributed by atoms with E-state index in [9.17, 15) is 15.0 Å². The van der Waals surface area contributed by atoms with Gasteiger partial charge in [0, 0.05) is 12.6 Å². The molecule has 2 N–H and O–H groups in total. The third-order valence-corrected chi connectivity index (χ3v) is 3.86. The number of amides is 1. The van der Waals surface area contributed by atoms with Crippen molar-refractivity contribution in [3.8, 4) is 11.4 Å². The first kappa shape index (κ1) is 18.0. The van der Waals surface area contributed by atoms with Crippen molar-refractivity contribution in [3.63, 3.8) is 0 Å². The minimum absolute atomic E-state index is 0.00439. The molecule has 0 saturated heterocycles. The van der Waals surface area contributed by atoms with Crippen LogP contribution in [0, 0.1) is 0 Å². The number of aliphatic hydroxyl groups is 1. The molecule has 6 heteroatoms. The van der Waals surface area contributed by atoms with Crippen molar-refractivity contribution in [3.05, 3.63) is 41.7 Å². The summed E-state index contributed by atoms with van der Waals surface area (Å²) in [6, 6.07) is 7.61. The van der Waals surface area contributed by atoms with Gasteiger partial charge in [-0.15, -0.1) is 0 Å². The van der Waals surface area contributed by atoms with E-state index in [1.165, 1.54) is 15.8 Å². The normalized spacial score (nSPS) is 12.4. The van der Waals surface area contributed by atoms with Crippen molar-refractivity contribution in [2.24, 2.45) is 0 Å². The van der Waals surface area contributed by atoms with E-state index in [0.717, 1.165) is 17.7 Å². The Morgan fingerprint density at radius 2 is 1.96 bits per heavy atom. The van der Waals surface area contributed by atoms with Gasteiger partial charge in [-0.2, -0.15) is 5.10 Å². The molecule has 0 aliphatic rings. The lowest BCUT2D eigenvalue weighted by molar-refractivity contribution is 0.0570. The van der Waals surface area contributed by atoms with Gasteiger partial charge in [0.1, 0.15) is 0 Å². The van der Waals surface area contributed by atoms with E-state index in [-0.39, 0.29) is 24.0 Å². The van der Waals surface area contributed by atoms with Crippen LogP contribution in [0.15, 0.2) is 30.5 Å². The molecule has 1 unspecified atom stereocenters. The molecule has 0 bridgehead atoms. The highest BCUT2D eigenvalue weighted by Gasteiger charge is 2.26. The number of hydrogen-bond acceptors (Lipinski definition) is 4. The number of aromatic nitrogens is 2. The van der Waals surface area contributed by atoms with Crippen molar-refractivity contribution in [1.82, 2.24) is 14.7 Å². The predicted molar refractivity (Wildman–Crippen MR) is 92.5 cm³/mol. The summed E-state index contributed by atoms with van der Waals surface area (Å²) >= 11 is 0. The molecule has 6 nitrogen and oxygen atoms in total. The highest BCUT2D eigenvalue weighted by atomic mass is 16.3. The zero-order chi connectivity index (χ0) is 17.9. The monoisotopic (exact) mass is 331 g/mol. The van der Waals surface area contributed by atoms with Gasteiger partial charge < -0.3 is 15.1 Å². The molecule has 1 atom stereocenters. The second-order valence-electron chi connectivity index (χ2n) is 6.19. The Kier molecular flexibility index (Phi) is 5.62. The van der Waals surface area contributed by atoms with Crippen LogP contribution < -0.4 is 0 Å². The number of carbonyl (C=O) groups is 1. The maximum Gasteiger partial charge on any atom is 0.278 e. The van der Waals surface area contributed by atoms with Crippen molar-refractivity contribution in [2.75, 3.05) is 6.54 Å². The van der Waals surface area contributed by atoms with Crippen molar-refractivity contribution in [2.45, 2.75) is 46.3 Å². The standard InChI is InChI=1S/C18H25N3O3/c1-5-14-8-6-7-9-15(14)21-11-16(23)17(19-21)18(24)20(12(2)3)10-13(4)22/h6-9,11-13,22-23H,5,10H2,1-4H3. The number of para-hydroxylation sites is 1. The van der Waals surface area contributed by atoms with E-state index in [0.29, 0.717) is 0 Å². The summed E-state index contributed by atoms with van der Waals surface area (Å²) < 4.78 is 1.53. The van der Waals surface area contributed by atoms with E-state index in [4.69, 9.17) is 0 Å². The number of aromatic hydroxyl groups is 1. The van der Waals surface area contributed by atoms with Gasteiger partial charge in [-0.25, -0.2) is 4.68 Å². The zero-order valence-corrected chi connectivity index (χ0v) is 14.6. The first-order valence-electron chi connectivity index (χ1n) is 8.21. The van der Waals surface area contributed by atoms with Gasteiger partial charge in [0.15, 0.2) is 11.4 Å². The van der Waals surface area contributed by atoms with Gasteiger partial charge in [-0.05, 0) is 38.8 Å². The number of rotatable bonds is 6. The number of nitrogens with zero attached hydrogens (tertiary/aromatic N) is 3. The Bertz CT molecular complexity index is 707. The zero-order valence-electron chi connectivity index (χ0n) is 14.6. The number of aryl methyl sites for hydroxylation is 1. The van der Waals surface area contributed by atoms with Gasteiger partial charge in [-0.3, -0.25) is 4.79 Å². The van der Waals surface area contributed by atoms with E-state index >= 15 is 0 Å². The molecule has 1 aromatic carbocycles. The summed E-state index contributed by atoms with van der Waals surface area (Å²) in [6.45, 7) is 7.58. The van der Waals surface area contributed by atoms with Crippen LogP contribution in [-0.4, -0.2) is 49.5 Å². The average Bonchev–Trinajstić information content (AvgIpc) is 2.93. The topological polar surface area (TPSA) is 78.6 Å². The fourth-order valence-corrected chi connectivity index (χ4v) is 2.62. The molecule has 0 aliphatic heterocycles. The summed E-state index contributed by atoms with van der Waals surface area (Å²) in [6.07, 6.45) is 1.62. The SMILES string of the molecule is CCc1ccccc1-n1cc(O)c(C(=O)N(CC(C)O)C(C)C)n1. The van der Waals surface area contributed by atoms with Crippen LogP contribution in [0.5, 0.6) is 5.75 Å². The fraction of sp³-hybridized carbons (Fsp3) is 0.444. The largest absolute Gasteiger partial charge is 0.504 e. The Morgan fingerprint density at radius 3 is 2.54 bits per heavy atom. The maximum absolute atomic E-state index is 12.7.